The molecule has 104 valence electrons. The van der Waals surface area contributed by atoms with Crippen LogP contribution in [0.2, 0.25) is 0 Å². The van der Waals surface area contributed by atoms with Gasteiger partial charge in [-0.15, -0.1) is 0 Å². The molecular formula is C17H25NO. The highest BCUT2D eigenvalue weighted by molar-refractivity contribution is 5.79. The van der Waals surface area contributed by atoms with Gasteiger partial charge in [0.25, 0.3) is 0 Å². The summed E-state index contributed by atoms with van der Waals surface area (Å²) in [5.41, 5.74) is 4.29. The first kappa shape index (κ1) is 14.3. The summed E-state index contributed by atoms with van der Waals surface area (Å²) in [7, 11) is 4.25. The molecule has 0 bridgehead atoms. The second-order valence-corrected chi connectivity index (χ2v) is 6.38. The predicted octanol–water partition coefficient (Wildman–Crippen LogP) is 3.25. The molecule has 2 rings (SSSR count). The Morgan fingerprint density at radius 1 is 1.16 bits per heavy atom. The van der Waals surface area contributed by atoms with Crippen molar-refractivity contribution < 1.29 is 4.79 Å². The molecular weight excluding hydrogens is 234 g/mol. The molecule has 0 N–H and O–H groups in total. The Labute approximate surface area is 116 Å². The number of Topliss-reactive ketones (excluding diaryl/α,β-unsaturated/α-hetero) is 1. The Bertz CT molecular complexity index is 466. The fourth-order valence-electron chi connectivity index (χ4n) is 3.53. The van der Waals surface area contributed by atoms with E-state index in [1.54, 1.807) is 0 Å². The first-order valence-corrected chi connectivity index (χ1v) is 7.17. The van der Waals surface area contributed by atoms with Gasteiger partial charge < -0.3 is 4.90 Å². The first-order valence-electron chi connectivity index (χ1n) is 7.17. The van der Waals surface area contributed by atoms with Crippen LogP contribution in [-0.2, 0) is 10.2 Å². The third-order valence-corrected chi connectivity index (χ3v) is 4.34. The lowest BCUT2D eigenvalue weighted by Gasteiger charge is -2.40. The third-order valence-electron chi connectivity index (χ3n) is 4.34. The van der Waals surface area contributed by atoms with Crippen LogP contribution in [0.15, 0.2) is 18.2 Å². The molecule has 0 amide bonds. The largest absolute Gasteiger partial charge is 0.309 e. The summed E-state index contributed by atoms with van der Waals surface area (Å²) >= 11 is 0. The number of carbonyl (C=O) groups excluding carboxylic acids is 1. The fourth-order valence-corrected chi connectivity index (χ4v) is 3.53. The van der Waals surface area contributed by atoms with Gasteiger partial charge in [0, 0.05) is 24.8 Å². The van der Waals surface area contributed by atoms with Crippen LogP contribution in [0.3, 0.4) is 0 Å². The Morgan fingerprint density at radius 3 is 2.32 bits per heavy atom. The van der Waals surface area contributed by atoms with Crippen LogP contribution >= 0.6 is 0 Å². The molecule has 0 aromatic heterocycles. The van der Waals surface area contributed by atoms with E-state index in [0.29, 0.717) is 5.78 Å². The SMILES string of the molecule is Cc1ccc(C2(CN(C)C)CCC(=O)CC2)c(C)c1. The van der Waals surface area contributed by atoms with Gasteiger partial charge in [-0.3, -0.25) is 4.79 Å². The first-order chi connectivity index (χ1) is 8.93. The van der Waals surface area contributed by atoms with Crippen LogP contribution in [0.1, 0.15) is 42.4 Å². The van der Waals surface area contributed by atoms with E-state index in [9.17, 15) is 4.79 Å². The summed E-state index contributed by atoms with van der Waals surface area (Å²) in [5.74, 6) is 0.430. The number of hydrogen-bond donors (Lipinski definition) is 0. The molecule has 0 heterocycles. The second-order valence-electron chi connectivity index (χ2n) is 6.38. The minimum Gasteiger partial charge on any atom is -0.309 e. The normalized spacial score (nSPS) is 18.9. The lowest BCUT2D eigenvalue weighted by atomic mass is 9.67. The average molecular weight is 259 g/mol. The van der Waals surface area contributed by atoms with Gasteiger partial charge in [0.1, 0.15) is 5.78 Å². The van der Waals surface area contributed by atoms with Crippen LogP contribution in [-0.4, -0.2) is 31.3 Å². The van der Waals surface area contributed by atoms with Crippen LogP contribution in [0, 0.1) is 13.8 Å². The molecule has 0 atom stereocenters. The molecule has 1 saturated carbocycles. The monoisotopic (exact) mass is 259 g/mol. The van der Waals surface area contributed by atoms with E-state index in [2.05, 4.69) is 51.0 Å². The molecule has 0 unspecified atom stereocenters. The quantitative estimate of drug-likeness (QED) is 0.830. The van der Waals surface area contributed by atoms with Crippen LogP contribution in [0.25, 0.3) is 0 Å². The van der Waals surface area contributed by atoms with Gasteiger partial charge >= 0.3 is 0 Å². The molecule has 1 fully saturated rings. The summed E-state index contributed by atoms with van der Waals surface area (Å²) < 4.78 is 0. The van der Waals surface area contributed by atoms with Crippen molar-refractivity contribution >= 4 is 5.78 Å². The van der Waals surface area contributed by atoms with Gasteiger partial charge in [-0.2, -0.15) is 0 Å². The molecule has 1 aliphatic rings. The molecule has 1 aliphatic carbocycles. The fraction of sp³-hybridized carbons (Fsp3) is 0.588. The predicted molar refractivity (Wildman–Crippen MR) is 79.6 cm³/mol. The number of carbonyl (C=O) groups is 1. The van der Waals surface area contributed by atoms with E-state index < -0.39 is 0 Å². The third kappa shape index (κ3) is 3.06. The molecule has 1 aromatic carbocycles. The van der Waals surface area contributed by atoms with E-state index in [0.717, 1.165) is 32.2 Å². The Kier molecular flexibility index (Phi) is 4.10. The summed E-state index contributed by atoms with van der Waals surface area (Å²) in [6, 6.07) is 6.75. The lowest BCUT2D eigenvalue weighted by Crippen LogP contribution is -2.41. The van der Waals surface area contributed by atoms with Crippen molar-refractivity contribution in [3.05, 3.63) is 34.9 Å². The zero-order valence-corrected chi connectivity index (χ0v) is 12.6. The molecule has 0 spiro atoms. The van der Waals surface area contributed by atoms with E-state index in [4.69, 9.17) is 0 Å². The lowest BCUT2D eigenvalue weighted by molar-refractivity contribution is -0.121. The highest BCUT2D eigenvalue weighted by Crippen LogP contribution is 2.40. The molecule has 0 radical (unpaired) electrons. The molecule has 1 aromatic rings. The van der Waals surface area contributed by atoms with Crippen molar-refractivity contribution in [1.82, 2.24) is 4.90 Å². The van der Waals surface area contributed by atoms with Crippen molar-refractivity contribution in [2.45, 2.75) is 44.9 Å². The van der Waals surface area contributed by atoms with E-state index in [-0.39, 0.29) is 5.41 Å². The van der Waals surface area contributed by atoms with Crippen LogP contribution in [0.4, 0.5) is 0 Å². The van der Waals surface area contributed by atoms with Crippen molar-refractivity contribution in [2.24, 2.45) is 0 Å². The maximum atomic E-state index is 11.6. The highest BCUT2D eigenvalue weighted by Gasteiger charge is 2.37. The Balaban J connectivity index is 2.39. The minimum absolute atomic E-state index is 0.162. The highest BCUT2D eigenvalue weighted by atomic mass is 16.1. The van der Waals surface area contributed by atoms with Gasteiger partial charge in [-0.25, -0.2) is 0 Å². The smallest absolute Gasteiger partial charge is 0.132 e. The summed E-state index contributed by atoms with van der Waals surface area (Å²) in [6.07, 6.45) is 3.46. The van der Waals surface area contributed by atoms with Crippen molar-refractivity contribution in [3.63, 3.8) is 0 Å². The Morgan fingerprint density at radius 2 is 1.79 bits per heavy atom. The average Bonchev–Trinajstić information content (AvgIpc) is 2.32. The second kappa shape index (κ2) is 5.46. The van der Waals surface area contributed by atoms with Crippen LogP contribution in [0.5, 0.6) is 0 Å². The maximum absolute atomic E-state index is 11.6. The zero-order valence-electron chi connectivity index (χ0n) is 12.6. The molecule has 2 heteroatoms. The van der Waals surface area contributed by atoms with Crippen molar-refractivity contribution in [3.8, 4) is 0 Å². The van der Waals surface area contributed by atoms with Gasteiger partial charge in [0.2, 0.25) is 0 Å². The van der Waals surface area contributed by atoms with Gasteiger partial charge in [0.05, 0.1) is 0 Å². The van der Waals surface area contributed by atoms with E-state index in [1.165, 1.54) is 16.7 Å². The summed E-state index contributed by atoms with van der Waals surface area (Å²) in [5, 5.41) is 0. The van der Waals surface area contributed by atoms with Crippen molar-refractivity contribution in [2.75, 3.05) is 20.6 Å². The Hall–Kier alpha value is -1.15. The number of nitrogens with zero attached hydrogens (tertiary/aromatic N) is 1. The zero-order chi connectivity index (χ0) is 14.0. The molecule has 0 aliphatic heterocycles. The standard InChI is InChI=1S/C17H25NO/c1-13-5-6-16(14(2)11-13)17(12-18(3)4)9-7-15(19)8-10-17/h5-6,11H,7-10,12H2,1-4H3. The van der Waals surface area contributed by atoms with Crippen LogP contribution < -0.4 is 0 Å². The topological polar surface area (TPSA) is 20.3 Å². The van der Waals surface area contributed by atoms with Gasteiger partial charge in [0.15, 0.2) is 0 Å². The van der Waals surface area contributed by atoms with E-state index >= 15 is 0 Å². The van der Waals surface area contributed by atoms with Gasteiger partial charge in [-0.05, 0) is 51.9 Å². The molecule has 0 saturated heterocycles. The van der Waals surface area contributed by atoms with E-state index in [1.807, 2.05) is 0 Å². The van der Waals surface area contributed by atoms with Crippen molar-refractivity contribution in [1.29, 1.82) is 0 Å². The summed E-state index contributed by atoms with van der Waals surface area (Å²) in [6.45, 7) is 5.38. The number of rotatable bonds is 3. The number of aryl methyl sites for hydroxylation is 2. The van der Waals surface area contributed by atoms with Gasteiger partial charge in [-0.1, -0.05) is 23.8 Å². The molecule has 19 heavy (non-hydrogen) atoms. The number of benzene rings is 1. The maximum Gasteiger partial charge on any atom is 0.132 e. The summed E-state index contributed by atoms with van der Waals surface area (Å²) in [4.78, 5) is 13.9. The number of likely N-dealkylation sites (N-methyl/N-ethyl adjacent to an activating group) is 1. The number of hydrogen-bond acceptors (Lipinski definition) is 2. The number of ketones is 1. The minimum atomic E-state index is 0.162. The molecule has 2 nitrogen and oxygen atoms in total.